The number of rotatable bonds is 10. The second-order valence-corrected chi connectivity index (χ2v) is 9.55. The summed E-state index contributed by atoms with van der Waals surface area (Å²) in [5.74, 6) is 0.211. The number of carbonyl (C=O) groups excluding carboxylic acids is 1. The van der Waals surface area contributed by atoms with Gasteiger partial charge >= 0.3 is 71.5 Å². The van der Waals surface area contributed by atoms with Crippen LogP contribution in [0.1, 0.15) is 53.4 Å². The fraction of sp³-hybridized carbons (Fsp3) is 0.824. The Labute approximate surface area is 217 Å². The molecule has 0 amide bonds. The van der Waals surface area contributed by atoms with Crippen molar-refractivity contribution in [2.45, 2.75) is 65.2 Å². The Morgan fingerprint density at radius 1 is 1.24 bits per heavy atom. The standard InChI is InChI=1S/C9H16F2O5S.C6H12.C2H6O2Si.K/c1-7(2)4-3-5-8(12)16-6-9(10,11)17(13,14)15;1-4-5-6(2)3;1-4-5(2)3;/h7H,3-6H2,1-2H3,(H,13,14,15);4,6H,1,5H2,2-3H3;1-2H3;/q;;;+1/p-1. The van der Waals surface area contributed by atoms with Gasteiger partial charge in [0.2, 0.25) is 0 Å². The molecule has 0 aromatic heterocycles. The van der Waals surface area contributed by atoms with Crippen LogP contribution in [0.15, 0.2) is 12.7 Å². The minimum Gasteiger partial charge on any atom is -0.743 e. The van der Waals surface area contributed by atoms with Crippen molar-refractivity contribution in [1.82, 2.24) is 0 Å². The van der Waals surface area contributed by atoms with Gasteiger partial charge in [-0.05, 0) is 24.7 Å². The Balaban J connectivity index is -0.000000215. The number of carbonyl (C=O) groups is 1. The van der Waals surface area contributed by atoms with Gasteiger partial charge < -0.3 is 18.2 Å². The van der Waals surface area contributed by atoms with Gasteiger partial charge in [0, 0.05) is 13.0 Å². The van der Waals surface area contributed by atoms with E-state index in [0.29, 0.717) is 12.3 Å². The van der Waals surface area contributed by atoms with Crippen LogP contribution in [0, 0.1) is 11.8 Å². The van der Waals surface area contributed by atoms with E-state index in [4.69, 9.17) is 0 Å². The fourth-order valence-electron chi connectivity index (χ4n) is 1.30. The Hall–Kier alpha value is 0.433. The van der Waals surface area contributed by atoms with E-state index in [1.807, 2.05) is 19.9 Å². The van der Waals surface area contributed by atoms with Crippen LogP contribution in [0.4, 0.5) is 8.78 Å². The van der Waals surface area contributed by atoms with Crippen molar-refractivity contribution in [3.8, 4) is 0 Å². The smallest absolute Gasteiger partial charge is 0.743 e. The van der Waals surface area contributed by atoms with E-state index < -0.39 is 36.9 Å². The molecular weight excluding hydrogens is 453 g/mol. The molecule has 0 saturated heterocycles. The molecule has 0 aliphatic carbocycles. The van der Waals surface area contributed by atoms with Crippen LogP contribution in [0.2, 0.25) is 6.55 Å². The minimum absolute atomic E-state index is 0. The average molecular weight is 487 g/mol. The third-order valence-corrected chi connectivity index (χ3v) is 4.28. The van der Waals surface area contributed by atoms with Gasteiger partial charge in [-0.25, -0.2) is 8.42 Å². The van der Waals surface area contributed by atoms with Gasteiger partial charge in [0.1, 0.15) is 0 Å². The van der Waals surface area contributed by atoms with E-state index in [9.17, 15) is 31.0 Å². The van der Waals surface area contributed by atoms with Crippen molar-refractivity contribution in [2.75, 3.05) is 13.7 Å². The molecule has 168 valence electrons. The quantitative estimate of drug-likeness (QED) is 0.195. The summed E-state index contributed by atoms with van der Waals surface area (Å²) in [6.07, 6.45) is 4.20. The van der Waals surface area contributed by atoms with Gasteiger partial charge in [-0.2, -0.15) is 8.78 Å². The number of allylic oxidation sites excluding steroid dienone is 1. The van der Waals surface area contributed by atoms with E-state index in [1.54, 1.807) is 6.55 Å². The Kier molecular flexibility index (Phi) is 25.8. The molecule has 0 unspecified atom stereocenters. The van der Waals surface area contributed by atoms with Gasteiger partial charge in [0.05, 0.1) is 7.11 Å². The second-order valence-electron chi connectivity index (χ2n) is 6.65. The molecule has 0 spiro atoms. The number of halogens is 2. The van der Waals surface area contributed by atoms with Crippen LogP contribution in [-0.2, 0) is 28.5 Å². The zero-order chi connectivity index (χ0) is 23.0. The minimum atomic E-state index is -5.79. The topological polar surface area (TPSA) is 110 Å². The molecule has 0 aromatic carbocycles. The first kappa shape index (κ1) is 36.8. The zero-order valence-electron chi connectivity index (χ0n) is 18.5. The van der Waals surface area contributed by atoms with Crippen molar-refractivity contribution in [3.63, 3.8) is 0 Å². The summed E-state index contributed by atoms with van der Waals surface area (Å²) in [6.45, 7) is 11.7. The normalized spacial score (nSPS) is 10.6. The molecule has 0 aliphatic rings. The molecule has 0 rings (SSSR count). The first-order chi connectivity index (χ1) is 12.6. The van der Waals surface area contributed by atoms with Crippen molar-refractivity contribution >= 4 is 25.0 Å². The van der Waals surface area contributed by atoms with Gasteiger partial charge in [0.15, 0.2) is 16.7 Å². The summed E-state index contributed by atoms with van der Waals surface area (Å²) >= 11 is 0. The van der Waals surface area contributed by atoms with Crippen molar-refractivity contribution in [3.05, 3.63) is 12.7 Å². The van der Waals surface area contributed by atoms with Gasteiger partial charge in [-0.1, -0.05) is 40.2 Å². The number of ether oxygens (including phenoxy) is 1. The molecule has 0 N–H and O–H groups in total. The molecule has 0 aliphatic heterocycles. The zero-order valence-corrected chi connectivity index (χ0v) is 23.4. The molecule has 12 heteroatoms. The predicted molar refractivity (Wildman–Crippen MR) is 103 cm³/mol. The summed E-state index contributed by atoms with van der Waals surface area (Å²) in [7, 11) is -5.98. The third-order valence-electron chi connectivity index (χ3n) is 2.85. The van der Waals surface area contributed by atoms with E-state index >= 15 is 0 Å². The number of hydrogen-bond acceptors (Lipinski definition) is 7. The molecule has 0 saturated carbocycles. The first-order valence-electron chi connectivity index (χ1n) is 8.75. The van der Waals surface area contributed by atoms with Crippen LogP contribution < -0.4 is 51.4 Å². The van der Waals surface area contributed by atoms with E-state index in [-0.39, 0.29) is 57.8 Å². The summed E-state index contributed by atoms with van der Waals surface area (Å²) in [5, 5.41) is -4.57. The van der Waals surface area contributed by atoms with Crippen molar-refractivity contribution < 1.29 is 91.6 Å². The monoisotopic (exact) mass is 486 g/mol. The number of alkyl halides is 2. The summed E-state index contributed by atoms with van der Waals surface area (Å²) < 4.78 is 73.5. The Bertz CT molecular complexity index is 556. The summed E-state index contributed by atoms with van der Waals surface area (Å²) in [5.41, 5.74) is 0. The van der Waals surface area contributed by atoms with E-state index in [1.165, 1.54) is 7.11 Å². The maximum atomic E-state index is 12.6. The maximum absolute atomic E-state index is 12.6. The summed E-state index contributed by atoms with van der Waals surface area (Å²) in [4.78, 5) is 10.9. The van der Waals surface area contributed by atoms with Crippen LogP contribution in [-0.4, -0.2) is 46.8 Å². The number of esters is 1. The maximum Gasteiger partial charge on any atom is 1.00 e. The van der Waals surface area contributed by atoms with Crippen LogP contribution in [0.25, 0.3) is 0 Å². The van der Waals surface area contributed by atoms with E-state index in [0.717, 1.165) is 18.8 Å². The van der Waals surface area contributed by atoms with Crippen LogP contribution >= 0.6 is 0 Å². The summed E-state index contributed by atoms with van der Waals surface area (Å²) in [6, 6.07) is 0. The van der Waals surface area contributed by atoms with E-state index in [2.05, 4.69) is 29.6 Å². The predicted octanol–water partition coefficient (Wildman–Crippen LogP) is 0.898. The number of hydrogen-bond donors (Lipinski definition) is 0. The van der Waals surface area contributed by atoms with Gasteiger partial charge in [-0.15, -0.1) is 6.58 Å². The first-order valence-corrected chi connectivity index (χ1v) is 12.0. The largest absolute Gasteiger partial charge is 1.00 e. The fourth-order valence-corrected chi connectivity index (χ4v) is 1.50. The van der Waals surface area contributed by atoms with Crippen LogP contribution in [0.5, 0.6) is 0 Å². The molecule has 0 fully saturated rings. The molecular formula is C17H33F2KO7SSi. The average Bonchev–Trinajstić information content (AvgIpc) is 2.52. The van der Waals surface area contributed by atoms with Gasteiger partial charge in [0.25, 0.3) is 0 Å². The van der Waals surface area contributed by atoms with Gasteiger partial charge in [-0.3, -0.25) is 4.79 Å². The SMILES string of the molecule is C=CCC(C)C.CC(C)CCCC(=O)OCC(F)(F)S(=O)(=O)[O-].CO[Si](C)=O.[K+]. The third kappa shape index (κ3) is 28.4. The molecule has 0 radical (unpaired) electrons. The molecule has 7 nitrogen and oxygen atoms in total. The molecule has 0 bridgehead atoms. The Morgan fingerprint density at radius 3 is 1.93 bits per heavy atom. The van der Waals surface area contributed by atoms with Crippen molar-refractivity contribution in [2.24, 2.45) is 11.8 Å². The molecule has 0 atom stereocenters. The second kappa shape index (κ2) is 20.3. The van der Waals surface area contributed by atoms with Crippen molar-refractivity contribution in [1.29, 1.82) is 0 Å². The Morgan fingerprint density at radius 2 is 1.69 bits per heavy atom. The van der Waals surface area contributed by atoms with Crippen LogP contribution in [0.3, 0.4) is 0 Å². The molecule has 29 heavy (non-hydrogen) atoms. The molecule has 0 aromatic rings. The molecule has 0 heterocycles.